The van der Waals surface area contributed by atoms with Gasteiger partial charge < -0.3 is 15.0 Å². The van der Waals surface area contributed by atoms with Crippen molar-refractivity contribution in [3.8, 4) is 10.6 Å². The minimum absolute atomic E-state index is 0. The Morgan fingerprint density at radius 1 is 1.32 bits per heavy atom. The molecule has 28 heavy (non-hydrogen) atoms. The Morgan fingerprint density at radius 3 is 2.93 bits per heavy atom. The van der Waals surface area contributed by atoms with E-state index in [-0.39, 0.29) is 24.0 Å². The predicted octanol–water partition coefficient (Wildman–Crippen LogP) is 4.05. The minimum atomic E-state index is 0. The molecule has 152 valence electrons. The summed E-state index contributed by atoms with van der Waals surface area (Å²) in [5, 5.41) is 6.71. The molecular weight excluding hydrogens is 483 g/mol. The summed E-state index contributed by atoms with van der Waals surface area (Å²) in [7, 11) is 0. The van der Waals surface area contributed by atoms with E-state index in [0.717, 1.165) is 62.5 Å². The second-order valence-corrected chi connectivity index (χ2v) is 8.33. The number of ether oxygens (including phenoxy) is 1. The van der Waals surface area contributed by atoms with Gasteiger partial charge in [-0.2, -0.15) is 0 Å². The van der Waals surface area contributed by atoms with Gasteiger partial charge in [0.05, 0.1) is 12.3 Å². The number of aliphatic imine (C=N–C) groups is 1. The lowest BCUT2D eigenvalue weighted by atomic mass is 9.87. The lowest BCUT2D eigenvalue weighted by molar-refractivity contribution is 0.156. The second kappa shape index (κ2) is 10.0. The number of thiazole rings is 1. The Hall–Kier alpha value is -1.19. The van der Waals surface area contributed by atoms with E-state index in [0.29, 0.717) is 5.41 Å². The fourth-order valence-corrected chi connectivity index (χ4v) is 4.78. The van der Waals surface area contributed by atoms with Crippen LogP contribution in [0.25, 0.3) is 10.6 Å². The fraction of sp³-hybridized carbons (Fsp3) is 0.524. The molecule has 0 radical (unpaired) electrons. The van der Waals surface area contributed by atoms with Gasteiger partial charge in [-0.1, -0.05) is 30.3 Å². The zero-order valence-corrected chi connectivity index (χ0v) is 19.5. The maximum atomic E-state index is 5.65. The molecule has 0 bridgehead atoms. The SMILES string of the molecule is CCNC(=NCCc1csc(-c2ccccc2)n1)N1CCC2(CCOC2)C1.I. The summed E-state index contributed by atoms with van der Waals surface area (Å²) in [5.41, 5.74) is 2.67. The molecular formula is C21H29IN4OS. The second-order valence-electron chi connectivity index (χ2n) is 7.47. The van der Waals surface area contributed by atoms with Crippen molar-refractivity contribution in [2.75, 3.05) is 39.4 Å². The van der Waals surface area contributed by atoms with Gasteiger partial charge in [-0.3, -0.25) is 4.99 Å². The monoisotopic (exact) mass is 512 g/mol. The van der Waals surface area contributed by atoms with Crippen LogP contribution in [-0.2, 0) is 11.2 Å². The number of hydrogen-bond acceptors (Lipinski definition) is 4. The number of nitrogens with one attached hydrogen (secondary N) is 1. The maximum Gasteiger partial charge on any atom is 0.193 e. The summed E-state index contributed by atoms with van der Waals surface area (Å²) >= 11 is 1.71. The molecule has 1 spiro atoms. The highest BCUT2D eigenvalue weighted by atomic mass is 127. The summed E-state index contributed by atoms with van der Waals surface area (Å²) in [6.45, 7) is 7.75. The minimum Gasteiger partial charge on any atom is -0.381 e. The van der Waals surface area contributed by atoms with E-state index < -0.39 is 0 Å². The first-order valence-electron chi connectivity index (χ1n) is 9.89. The van der Waals surface area contributed by atoms with Crippen molar-refractivity contribution in [3.63, 3.8) is 0 Å². The van der Waals surface area contributed by atoms with Crippen molar-refractivity contribution in [2.24, 2.45) is 10.4 Å². The Bertz CT molecular complexity index is 774. The third-order valence-corrected chi connectivity index (χ3v) is 6.40. The zero-order valence-electron chi connectivity index (χ0n) is 16.4. The molecule has 1 unspecified atom stereocenters. The van der Waals surface area contributed by atoms with Gasteiger partial charge in [0.15, 0.2) is 5.96 Å². The van der Waals surface area contributed by atoms with Crippen molar-refractivity contribution in [1.29, 1.82) is 0 Å². The molecule has 5 nitrogen and oxygen atoms in total. The number of halogens is 1. The van der Waals surface area contributed by atoms with Gasteiger partial charge in [0.2, 0.25) is 0 Å². The molecule has 2 aliphatic heterocycles. The molecule has 1 aromatic carbocycles. The van der Waals surface area contributed by atoms with Crippen LogP contribution in [0.4, 0.5) is 0 Å². The first kappa shape index (κ1) is 21.5. The van der Waals surface area contributed by atoms with E-state index in [1.165, 1.54) is 18.4 Å². The quantitative estimate of drug-likeness (QED) is 0.373. The lowest BCUT2D eigenvalue weighted by Crippen LogP contribution is -2.41. The largest absolute Gasteiger partial charge is 0.381 e. The van der Waals surface area contributed by atoms with Crippen LogP contribution in [0.1, 0.15) is 25.5 Å². The van der Waals surface area contributed by atoms with E-state index in [1.807, 2.05) is 6.07 Å². The smallest absolute Gasteiger partial charge is 0.193 e. The van der Waals surface area contributed by atoms with Crippen LogP contribution in [-0.4, -0.2) is 55.2 Å². The van der Waals surface area contributed by atoms with Crippen LogP contribution >= 0.6 is 35.3 Å². The zero-order chi connectivity index (χ0) is 18.5. The Morgan fingerprint density at radius 2 is 2.18 bits per heavy atom. The van der Waals surface area contributed by atoms with E-state index in [1.54, 1.807) is 11.3 Å². The van der Waals surface area contributed by atoms with E-state index in [4.69, 9.17) is 14.7 Å². The van der Waals surface area contributed by atoms with Gasteiger partial charge in [-0.05, 0) is 19.8 Å². The van der Waals surface area contributed by atoms with Crippen LogP contribution < -0.4 is 5.32 Å². The number of benzene rings is 1. The van der Waals surface area contributed by atoms with Crippen LogP contribution in [0, 0.1) is 5.41 Å². The summed E-state index contributed by atoms with van der Waals surface area (Å²) in [5.74, 6) is 1.04. The van der Waals surface area contributed by atoms with Crippen LogP contribution in [0.2, 0.25) is 0 Å². The molecule has 2 aliphatic rings. The number of hydrogen-bond donors (Lipinski definition) is 1. The first-order valence-corrected chi connectivity index (χ1v) is 10.8. The molecule has 3 heterocycles. The van der Waals surface area contributed by atoms with E-state index in [2.05, 4.69) is 46.8 Å². The average molecular weight is 512 g/mol. The molecule has 0 amide bonds. The molecule has 4 rings (SSSR count). The molecule has 1 atom stereocenters. The first-order chi connectivity index (χ1) is 13.3. The van der Waals surface area contributed by atoms with Gasteiger partial charge >= 0.3 is 0 Å². The molecule has 0 aliphatic carbocycles. The highest BCUT2D eigenvalue weighted by molar-refractivity contribution is 14.0. The third-order valence-electron chi connectivity index (χ3n) is 5.46. The summed E-state index contributed by atoms with van der Waals surface area (Å²) in [6.07, 6.45) is 3.27. The Kier molecular flexibility index (Phi) is 7.70. The third kappa shape index (κ3) is 5.04. The van der Waals surface area contributed by atoms with Crippen molar-refractivity contribution < 1.29 is 4.74 Å². The topological polar surface area (TPSA) is 49.8 Å². The van der Waals surface area contributed by atoms with Crippen LogP contribution in [0.3, 0.4) is 0 Å². The fourth-order valence-electron chi connectivity index (χ4n) is 3.92. The molecule has 7 heteroatoms. The highest BCUT2D eigenvalue weighted by Crippen LogP contribution is 2.38. The number of rotatable bonds is 5. The number of nitrogens with zero attached hydrogens (tertiary/aromatic N) is 3. The van der Waals surface area contributed by atoms with Crippen molar-refractivity contribution in [3.05, 3.63) is 41.4 Å². The molecule has 2 fully saturated rings. The van der Waals surface area contributed by atoms with E-state index >= 15 is 0 Å². The van der Waals surface area contributed by atoms with Gasteiger partial charge in [-0.25, -0.2) is 4.98 Å². The number of likely N-dealkylation sites (tertiary alicyclic amines) is 1. The highest BCUT2D eigenvalue weighted by Gasteiger charge is 2.42. The van der Waals surface area contributed by atoms with Crippen LogP contribution in [0.5, 0.6) is 0 Å². The van der Waals surface area contributed by atoms with Crippen molar-refractivity contribution in [2.45, 2.75) is 26.2 Å². The summed E-state index contributed by atoms with van der Waals surface area (Å²) < 4.78 is 5.65. The number of aromatic nitrogens is 1. The van der Waals surface area contributed by atoms with Gasteiger partial charge in [0, 0.05) is 55.6 Å². The maximum absolute atomic E-state index is 5.65. The molecule has 1 aromatic heterocycles. The van der Waals surface area contributed by atoms with E-state index in [9.17, 15) is 0 Å². The predicted molar refractivity (Wildman–Crippen MR) is 127 cm³/mol. The standard InChI is InChI=1S/C21H28N4OS.HI/c1-2-22-20(25-12-9-21(15-25)10-13-26-16-21)23-11-8-18-14-27-19(24-18)17-6-4-3-5-7-17;/h3-7,14H,2,8-13,15-16H2,1H3,(H,22,23);1H. The van der Waals surface area contributed by atoms with Crippen LogP contribution in [0.15, 0.2) is 40.7 Å². The average Bonchev–Trinajstić information content (AvgIpc) is 3.44. The van der Waals surface area contributed by atoms with Gasteiger partial charge in [-0.15, -0.1) is 35.3 Å². The van der Waals surface area contributed by atoms with Crippen molar-refractivity contribution in [1.82, 2.24) is 15.2 Å². The summed E-state index contributed by atoms with van der Waals surface area (Å²) in [6, 6.07) is 10.4. The molecule has 0 saturated carbocycles. The normalized spacial score (nSPS) is 21.9. The molecule has 2 saturated heterocycles. The molecule has 2 aromatic rings. The number of guanidine groups is 1. The van der Waals surface area contributed by atoms with Crippen molar-refractivity contribution >= 4 is 41.3 Å². The lowest BCUT2D eigenvalue weighted by Gasteiger charge is -2.24. The Labute approximate surface area is 188 Å². The molecule has 1 N–H and O–H groups in total. The van der Waals surface area contributed by atoms with Gasteiger partial charge in [0.25, 0.3) is 0 Å². The van der Waals surface area contributed by atoms with Gasteiger partial charge in [0.1, 0.15) is 5.01 Å². The summed E-state index contributed by atoms with van der Waals surface area (Å²) in [4.78, 5) is 12.1. The Balaban J connectivity index is 0.00000225.